The largest absolute Gasteiger partial charge is 0.0984 e. The molecule has 0 fully saturated rings. The van der Waals surface area contributed by atoms with Gasteiger partial charge in [-0.1, -0.05) is 44.5 Å². The van der Waals surface area contributed by atoms with Gasteiger partial charge < -0.3 is 0 Å². The van der Waals surface area contributed by atoms with Crippen LogP contribution >= 0.6 is 31.9 Å². The predicted octanol–water partition coefficient (Wildman–Crippen LogP) is 4.16. The predicted molar refractivity (Wildman–Crippen MR) is 56.7 cm³/mol. The number of hydrogen-bond acceptors (Lipinski definition) is 0. The van der Waals surface area contributed by atoms with Crippen molar-refractivity contribution in [2.45, 2.75) is 6.92 Å². The minimum absolute atomic E-state index is 1.09. The molecule has 0 aliphatic heterocycles. The molecule has 0 bridgehead atoms. The van der Waals surface area contributed by atoms with Crippen LogP contribution in [0.15, 0.2) is 27.7 Å². The van der Waals surface area contributed by atoms with E-state index in [4.69, 9.17) is 0 Å². The Balaban J connectivity index is 3.31. The average Bonchev–Trinajstić information content (AvgIpc) is 1.97. The standard InChI is InChI=1S/C9H8Br2/c1-3-7-5-8(10)6(2)4-9(7)11/h3-5H,1H2,2H3. The first-order valence-electron chi connectivity index (χ1n) is 3.23. The van der Waals surface area contributed by atoms with Gasteiger partial charge in [-0.25, -0.2) is 0 Å². The Bertz CT molecular complexity index is 290. The van der Waals surface area contributed by atoms with Crippen LogP contribution in [0.25, 0.3) is 6.08 Å². The van der Waals surface area contributed by atoms with E-state index >= 15 is 0 Å². The number of rotatable bonds is 1. The van der Waals surface area contributed by atoms with Crippen molar-refractivity contribution in [2.75, 3.05) is 0 Å². The molecule has 58 valence electrons. The number of halogens is 2. The van der Waals surface area contributed by atoms with Crippen molar-refractivity contribution >= 4 is 37.9 Å². The Hall–Kier alpha value is -0.0800. The van der Waals surface area contributed by atoms with Crippen molar-refractivity contribution in [3.8, 4) is 0 Å². The minimum atomic E-state index is 1.09. The number of aryl methyl sites for hydroxylation is 1. The van der Waals surface area contributed by atoms with Gasteiger partial charge in [0.2, 0.25) is 0 Å². The fourth-order valence-corrected chi connectivity index (χ4v) is 1.80. The van der Waals surface area contributed by atoms with Crippen molar-refractivity contribution in [1.82, 2.24) is 0 Å². The molecule has 1 aromatic rings. The van der Waals surface area contributed by atoms with Gasteiger partial charge in [-0.2, -0.15) is 0 Å². The molecule has 0 amide bonds. The van der Waals surface area contributed by atoms with Gasteiger partial charge in [0, 0.05) is 8.95 Å². The Morgan fingerprint density at radius 3 is 2.45 bits per heavy atom. The molecule has 0 spiro atoms. The highest BCUT2D eigenvalue weighted by molar-refractivity contribution is 9.11. The molecule has 0 N–H and O–H groups in total. The second-order valence-corrected chi connectivity index (χ2v) is 4.04. The quantitative estimate of drug-likeness (QED) is 0.722. The first-order valence-corrected chi connectivity index (χ1v) is 4.82. The highest BCUT2D eigenvalue weighted by Gasteiger charge is 1.99. The zero-order chi connectivity index (χ0) is 8.43. The maximum absolute atomic E-state index is 3.71. The van der Waals surface area contributed by atoms with E-state index < -0.39 is 0 Å². The van der Waals surface area contributed by atoms with Crippen molar-refractivity contribution in [1.29, 1.82) is 0 Å². The maximum Gasteiger partial charge on any atom is 0.0250 e. The van der Waals surface area contributed by atoms with Gasteiger partial charge in [0.25, 0.3) is 0 Å². The highest BCUT2D eigenvalue weighted by Crippen LogP contribution is 2.25. The molecule has 2 heteroatoms. The van der Waals surface area contributed by atoms with E-state index in [9.17, 15) is 0 Å². The lowest BCUT2D eigenvalue weighted by Crippen LogP contribution is -1.80. The van der Waals surface area contributed by atoms with Crippen LogP contribution in [0.2, 0.25) is 0 Å². The van der Waals surface area contributed by atoms with Crippen LogP contribution in [0.1, 0.15) is 11.1 Å². The SMILES string of the molecule is C=Cc1cc(Br)c(C)cc1Br. The van der Waals surface area contributed by atoms with Crippen molar-refractivity contribution < 1.29 is 0 Å². The third kappa shape index (κ3) is 1.94. The van der Waals surface area contributed by atoms with Crippen LogP contribution < -0.4 is 0 Å². The molecule has 0 nitrogen and oxygen atoms in total. The van der Waals surface area contributed by atoms with Crippen LogP contribution in [-0.2, 0) is 0 Å². The van der Waals surface area contributed by atoms with E-state index in [2.05, 4.69) is 51.4 Å². The van der Waals surface area contributed by atoms with E-state index in [1.165, 1.54) is 5.56 Å². The molecule has 0 aliphatic rings. The summed E-state index contributed by atoms with van der Waals surface area (Å²) in [5.41, 5.74) is 2.34. The van der Waals surface area contributed by atoms with Crippen LogP contribution in [-0.4, -0.2) is 0 Å². The van der Waals surface area contributed by atoms with Gasteiger partial charge >= 0.3 is 0 Å². The number of benzene rings is 1. The van der Waals surface area contributed by atoms with Crippen LogP contribution in [0.4, 0.5) is 0 Å². The lowest BCUT2D eigenvalue weighted by Gasteiger charge is -2.02. The molecule has 0 aromatic heterocycles. The van der Waals surface area contributed by atoms with E-state index in [1.807, 2.05) is 12.1 Å². The average molecular weight is 276 g/mol. The van der Waals surface area contributed by atoms with Crippen molar-refractivity contribution in [3.63, 3.8) is 0 Å². The summed E-state index contributed by atoms with van der Waals surface area (Å²) in [6, 6.07) is 4.12. The lowest BCUT2D eigenvalue weighted by molar-refractivity contribution is 1.40. The molecule has 11 heavy (non-hydrogen) atoms. The molecule has 1 rings (SSSR count). The molecule has 0 atom stereocenters. The summed E-state index contributed by atoms with van der Waals surface area (Å²) in [4.78, 5) is 0. The van der Waals surface area contributed by atoms with E-state index in [0.29, 0.717) is 0 Å². The summed E-state index contributed by atoms with van der Waals surface area (Å²) in [7, 11) is 0. The zero-order valence-corrected chi connectivity index (χ0v) is 9.37. The Morgan fingerprint density at radius 2 is 1.91 bits per heavy atom. The van der Waals surface area contributed by atoms with Crippen molar-refractivity contribution in [3.05, 3.63) is 38.8 Å². The molecule has 0 saturated heterocycles. The summed E-state index contributed by atoms with van der Waals surface area (Å²) in [6.45, 7) is 5.77. The zero-order valence-electron chi connectivity index (χ0n) is 6.20. The third-order valence-electron chi connectivity index (χ3n) is 1.50. The van der Waals surface area contributed by atoms with Crippen LogP contribution in [0, 0.1) is 6.92 Å². The second-order valence-electron chi connectivity index (χ2n) is 2.33. The minimum Gasteiger partial charge on any atom is -0.0984 e. The highest BCUT2D eigenvalue weighted by atomic mass is 79.9. The van der Waals surface area contributed by atoms with Gasteiger partial charge in [0.1, 0.15) is 0 Å². The van der Waals surface area contributed by atoms with E-state index in [-0.39, 0.29) is 0 Å². The fraction of sp³-hybridized carbons (Fsp3) is 0.111. The molecule has 1 aromatic carbocycles. The normalized spacial score (nSPS) is 9.73. The summed E-state index contributed by atoms with van der Waals surface area (Å²) < 4.78 is 2.21. The van der Waals surface area contributed by atoms with Gasteiger partial charge in [-0.3, -0.25) is 0 Å². The first kappa shape index (κ1) is 9.01. The maximum atomic E-state index is 3.71. The lowest BCUT2D eigenvalue weighted by atomic mass is 10.1. The Morgan fingerprint density at radius 1 is 1.27 bits per heavy atom. The fourth-order valence-electron chi connectivity index (χ4n) is 0.818. The van der Waals surface area contributed by atoms with Crippen LogP contribution in [0.5, 0.6) is 0 Å². The van der Waals surface area contributed by atoms with Crippen LogP contribution in [0.3, 0.4) is 0 Å². The third-order valence-corrected chi connectivity index (χ3v) is 3.04. The molecule has 0 aliphatic carbocycles. The monoisotopic (exact) mass is 274 g/mol. The molecule has 0 heterocycles. The second kappa shape index (κ2) is 3.55. The van der Waals surface area contributed by atoms with Gasteiger partial charge in [0.05, 0.1) is 0 Å². The number of hydrogen-bond donors (Lipinski definition) is 0. The molecule has 0 radical (unpaired) electrons. The molecule has 0 saturated carbocycles. The topological polar surface area (TPSA) is 0 Å². The van der Waals surface area contributed by atoms with Gasteiger partial charge in [-0.05, 0) is 30.2 Å². The first-order chi connectivity index (χ1) is 5.15. The van der Waals surface area contributed by atoms with E-state index in [1.54, 1.807) is 0 Å². The molecule has 0 unspecified atom stereocenters. The summed E-state index contributed by atoms with van der Waals surface area (Å²) in [6.07, 6.45) is 1.83. The Labute approximate surface area is 83.6 Å². The summed E-state index contributed by atoms with van der Waals surface area (Å²) in [5.74, 6) is 0. The van der Waals surface area contributed by atoms with Gasteiger partial charge in [-0.15, -0.1) is 0 Å². The Kier molecular flexibility index (Phi) is 2.90. The van der Waals surface area contributed by atoms with E-state index in [0.717, 1.165) is 14.5 Å². The van der Waals surface area contributed by atoms with Gasteiger partial charge in [0.15, 0.2) is 0 Å². The smallest absolute Gasteiger partial charge is 0.0250 e. The summed E-state index contributed by atoms with van der Waals surface area (Å²) in [5, 5.41) is 0. The van der Waals surface area contributed by atoms with Crippen molar-refractivity contribution in [2.24, 2.45) is 0 Å². The molecular formula is C9H8Br2. The molecular weight excluding hydrogens is 268 g/mol. The summed E-state index contributed by atoms with van der Waals surface area (Å²) >= 11 is 6.90.